The molecule has 0 spiro atoms. The fourth-order valence-corrected chi connectivity index (χ4v) is 3.84. The van der Waals surface area contributed by atoms with Gasteiger partial charge >= 0.3 is 11.9 Å². The molecule has 0 bridgehead atoms. The Labute approximate surface area is 231 Å². The summed E-state index contributed by atoms with van der Waals surface area (Å²) in [5.41, 5.74) is 3.88. The molecule has 0 aliphatic carbocycles. The number of carboxylic acids is 2. The topological polar surface area (TPSA) is 125 Å². The summed E-state index contributed by atoms with van der Waals surface area (Å²) >= 11 is 5.86. The zero-order chi connectivity index (χ0) is 28.4. The van der Waals surface area contributed by atoms with E-state index in [4.69, 9.17) is 21.4 Å². The van der Waals surface area contributed by atoms with Crippen LogP contribution in [0.25, 0.3) is 11.1 Å². The molecule has 0 aliphatic heterocycles. The zero-order valence-electron chi connectivity index (χ0n) is 21.7. The van der Waals surface area contributed by atoms with Gasteiger partial charge in [0, 0.05) is 34.2 Å². The normalized spacial score (nSPS) is 11.8. The molecule has 0 aliphatic rings. The van der Waals surface area contributed by atoms with Crippen LogP contribution in [0.1, 0.15) is 13.8 Å². The van der Waals surface area contributed by atoms with E-state index in [9.17, 15) is 14.7 Å². The van der Waals surface area contributed by atoms with E-state index in [-0.39, 0.29) is 0 Å². The van der Waals surface area contributed by atoms with Crippen LogP contribution in [-0.4, -0.2) is 51.3 Å². The SMILES string of the molecule is COc1ccccc1-c1ccncc1N[C@@H](C)C(=O)O.C[C@@H](C(=O)O)N(c1ccc(Cl)cc1)c1cccnc1. The Bertz CT molecular complexity index is 1390. The first kappa shape index (κ1) is 28.9. The summed E-state index contributed by atoms with van der Waals surface area (Å²) in [5, 5.41) is 21.8. The number of rotatable bonds is 9. The lowest BCUT2D eigenvalue weighted by Gasteiger charge is -2.28. The second-order valence-electron chi connectivity index (χ2n) is 8.40. The average molecular weight is 549 g/mol. The van der Waals surface area contributed by atoms with E-state index in [2.05, 4.69) is 15.3 Å². The number of nitrogens with zero attached hydrogens (tertiary/aromatic N) is 3. The molecule has 10 heteroatoms. The van der Waals surface area contributed by atoms with Crippen molar-refractivity contribution in [3.05, 3.63) is 96.5 Å². The van der Waals surface area contributed by atoms with Crippen LogP contribution in [-0.2, 0) is 9.59 Å². The van der Waals surface area contributed by atoms with E-state index in [1.807, 2.05) is 36.4 Å². The Kier molecular flexibility index (Phi) is 10.2. The number of carbonyl (C=O) groups is 2. The number of nitrogens with one attached hydrogen (secondary N) is 1. The fourth-order valence-electron chi connectivity index (χ4n) is 3.71. The van der Waals surface area contributed by atoms with Gasteiger partial charge in [-0.25, -0.2) is 4.79 Å². The molecule has 202 valence electrons. The molecule has 39 heavy (non-hydrogen) atoms. The monoisotopic (exact) mass is 548 g/mol. The summed E-state index contributed by atoms with van der Waals surface area (Å²) in [6.45, 7) is 3.21. The first-order chi connectivity index (χ1) is 18.7. The van der Waals surface area contributed by atoms with Crippen molar-refractivity contribution in [1.29, 1.82) is 0 Å². The lowest BCUT2D eigenvalue weighted by molar-refractivity contribution is -0.138. The molecule has 2 atom stereocenters. The zero-order valence-corrected chi connectivity index (χ0v) is 22.4. The van der Waals surface area contributed by atoms with Gasteiger partial charge in [-0.15, -0.1) is 0 Å². The highest BCUT2D eigenvalue weighted by Crippen LogP contribution is 2.34. The first-order valence-corrected chi connectivity index (χ1v) is 12.3. The van der Waals surface area contributed by atoms with Crippen LogP contribution in [0.15, 0.2) is 91.5 Å². The van der Waals surface area contributed by atoms with E-state index in [1.165, 1.54) is 0 Å². The molecule has 3 N–H and O–H groups in total. The van der Waals surface area contributed by atoms with Crippen LogP contribution in [0, 0.1) is 0 Å². The smallest absolute Gasteiger partial charge is 0.326 e. The Morgan fingerprint density at radius 3 is 2.15 bits per heavy atom. The first-order valence-electron chi connectivity index (χ1n) is 12.0. The van der Waals surface area contributed by atoms with Crippen molar-refractivity contribution in [2.75, 3.05) is 17.3 Å². The number of methoxy groups -OCH3 is 1. The molecule has 2 aromatic carbocycles. The summed E-state index contributed by atoms with van der Waals surface area (Å²) < 4.78 is 5.34. The quantitative estimate of drug-likeness (QED) is 0.231. The standard InChI is InChI=1S/C15H16N2O3.C14H13ClN2O2/c1-10(15(18)19)17-13-9-16-8-7-11(13)12-5-3-4-6-14(12)20-2;1-10(14(18)19)17(13-3-2-8-16-9-13)12-6-4-11(15)5-7-12/h3-10,17H,1-2H3,(H,18,19);2-10H,1H3,(H,18,19)/t2*10-/m00/s1. The Hall–Kier alpha value is -4.63. The molecule has 0 amide bonds. The number of anilines is 3. The van der Waals surface area contributed by atoms with Gasteiger partial charge in [-0.05, 0) is 62.4 Å². The number of benzene rings is 2. The molecule has 4 aromatic rings. The predicted molar refractivity (Wildman–Crippen MR) is 152 cm³/mol. The van der Waals surface area contributed by atoms with Gasteiger partial charge in [-0.2, -0.15) is 0 Å². The fraction of sp³-hybridized carbons (Fsp3) is 0.172. The third-order valence-electron chi connectivity index (χ3n) is 5.73. The highest BCUT2D eigenvalue weighted by Gasteiger charge is 2.22. The van der Waals surface area contributed by atoms with Crippen molar-refractivity contribution in [2.24, 2.45) is 0 Å². The van der Waals surface area contributed by atoms with Crippen molar-refractivity contribution in [3.63, 3.8) is 0 Å². The molecule has 0 radical (unpaired) electrons. The second kappa shape index (κ2) is 13.8. The lowest BCUT2D eigenvalue weighted by Crippen LogP contribution is -2.35. The summed E-state index contributed by atoms with van der Waals surface area (Å²) in [7, 11) is 1.60. The van der Waals surface area contributed by atoms with Crippen molar-refractivity contribution < 1.29 is 24.5 Å². The average Bonchev–Trinajstić information content (AvgIpc) is 2.95. The summed E-state index contributed by atoms with van der Waals surface area (Å²) in [6.07, 6.45) is 6.56. The van der Waals surface area contributed by atoms with Crippen LogP contribution in [0.5, 0.6) is 5.75 Å². The summed E-state index contributed by atoms with van der Waals surface area (Å²) in [4.78, 5) is 32.0. The number of halogens is 1. The number of carboxylic acid groups (broad SMARTS) is 2. The van der Waals surface area contributed by atoms with E-state index in [0.717, 1.165) is 28.3 Å². The molecular weight excluding hydrogens is 520 g/mol. The number of para-hydroxylation sites is 1. The summed E-state index contributed by atoms with van der Waals surface area (Å²) in [5.74, 6) is -1.09. The molecular formula is C29H29ClN4O5. The van der Waals surface area contributed by atoms with E-state index < -0.39 is 24.0 Å². The number of hydrogen-bond acceptors (Lipinski definition) is 7. The van der Waals surface area contributed by atoms with Gasteiger partial charge in [0.15, 0.2) is 0 Å². The molecule has 2 aromatic heterocycles. The van der Waals surface area contributed by atoms with Crippen LogP contribution < -0.4 is 15.0 Å². The van der Waals surface area contributed by atoms with Gasteiger partial charge in [0.1, 0.15) is 17.8 Å². The minimum Gasteiger partial charge on any atom is -0.496 e. The molecule has 0 saturated heterocycles. The van der Waals surface area contributed by atoms with E-state index >= 15 is 0 Å². The number of hydrogen-bond donors (Lipinski definition) is 3. The third kappa shape index (κ3) is 7.68. The van der Waals surface area contributed by atoms with Gasteiger partial charge < -0.3 is 25.2 Å². The maximum atomic E-state index is 11.3. The van der Waals surface area contributed by atoms with Crippen molar-refractivity contribution in [1.82, 2.24) is 9.97 Å². The van der Waals surface area contributed by atoms with Crippen molar-refractivity contribution >= 4 is 40.6 Å². The van der Waals surface area contributed by atoms with Gasteiger partial charge in [0.2, 0.25) is 0 Å². The minimum absolute atomic E-state index is 0.609. The molecule has 2 heterocycles. The Morgan fingerprint density at radius 2 is 1.54 bits per heavy atom. The summed E-state index contributed by atoms with van der Waals surface area (Å²) in [6, 6.07) is 18.6. The van der Waals surface area contributed by atoms with Crippen LogP contribution in [0.4, 0.5) is 17.1 Å². The largest absolute Gasteiger partial charge is 0.496 e. The highest BCUT2D eigenvalue weighted by atomic mass is 35.5. The van der Waals surface area contributed by atoms with Crippen LogP contribution in [0.3, 0.4) is 0 Å². The third-order valence-corrected chi connectivity index (χ3v) is 5.99. The Balaban J connectivity index is 0.000000216. The number of ether oxygens (including phenoxy) is 1. The minimum atomic E-state index is -0.917. The van der Waals surface area contributed by atoms with Gasteiger partial charge in [-0.3, -0.25) is 14.8 Å². The van der Waals surface area contributed by atoms with Gasteiger partial charge in [0.05, 0.1) is 30.9 Å². The number of pyridine rings is 2. The molecule has 9 nitrogen and oxygen atoms in total. The van der Waals surface area contributed by atoms with Crippen LogP contribution in [0.2, 0.25) is 5.02 Å². The van der Waals surface area contributed by atoms with E-state index in [1.54, 1.807) is 81.0 Å². The maximum Gasteiger partial charge on any atom is 0.326 e. The molecule has 0 fully saturated rings. The number of aromatic nitrogens is 2. The van der Waals surface area contributed by atoms with Gasteiger partial charge in [-0.1, -0.05) is 29.8 Å². The van der Waals surface area contributed by atoms with Crippen molar-refractivity contribution in [3.8, 4) is 16.9 Å². The van der Waals surface area contributed by atoms with E-state index in [0.29, 0.717) is 10.7 Å². The second-order valence-corrected chi connectivity index (χ2v) is 8.83. The highest BCUT2D eigenvalue weighted by molar-refractivity contribution is 6.30. The molecule has 4 rings (SSSR count). The Morgan fingerprint density at radius 1 is 0.846 bits per heavy atom. The molecule has 0 unspecified atom stereocenters. The number of aliphatic carboxylic acids is 2. The van der Waals surface area contributed by atoms with Gasteiger partial charge in [0.25, 0.3) is 0 Å². The van der Waals surface area contributed by atoms with Crippen LogP contribution >= 0.6 is 11.6 Å². The lowest BCUT2D eigenvalue weighted by atomic mass is 10.0. The van der Waals surface area contributed by atoms with Crippen molar-refractivity contribution in [2.45, 2.75) is 25.9 Å². The molecule has 0 saturated carbocycles. The predicted octanol–water partition coefficient (Wildman–Crippen LogP) is 5.99. The maximum absolute atomic E-state index is 11.3.